The highest BCUT2D eigenvalue weighted by Gasteiger charge is 2.20. The van der Waals surface area contributed by atoms with Crippen LogP contribution in [0.15, 0.2) is 24.3 Å². The second kappa shape index (κ2) is 7.15. The summed E-state index contributed by atoms with van der Waals surface area (Å²) in [5, 5.41) is 4.23. The molecule has 1 aromatic rings. The van der Waals surface area contributed by atoms with Crippen molar-refractivity contribution in [3.8, 4) is 0 Å². The van der Waals surface area contributed by atoms with Gasteiger partial charge in [0.1, 0.15) is 0 Å². The van der Waals surface area contributed by atoms with Gasteiger partial charge >= 0.3 is 11.8 Å². The highest BCUT2D eigenvalue weighted by molar-refractivity contribution is 6.39. The van der Waals surface area contributed by atoms with Gasteiger partial charge in [-0.25, -0.2) is 5.01 Å². The molecule has 1 aliphatic rings. The molecule has 0 radical (unpaired) electrons. The van der Waals surface area contributed by atoms with Crippen molar-refractivity contribution in [3.05, 3.63) is 29.8 Å². The molecule has 0 aromatic heterocycles. The highest BCUT2D eigenvalue weighted by atomic mass is 16.2. The number of hydrazine groups is 1. The van der Waals surface area contributed by atoms with Crippen molar-refractivity contribution in [1.82, 2.24) is 15.3 Å². The first kappa shape index (κ1) is 16.1. The van der Waals surface area contributed by atoms with Crippen LogP contribution in [-0.4, -0.2) is 60.7 Å². The Kier molecular flexibility index (Phi) is 5.24. The van der Waals surface area contributed by atoms with Crippen LogP contribution >= 0.6 is 0 Å². The van der Waals surface area contributed by atoms with Crippen LogP contribution in [0.25, 0.3) is 0 Å². The van der Waals surface area contributed by atoms with Gasteiger partial charge in [0, 0.05) is 37.4 Å². The lowest BCUT2D eigenvalue weighted by molar-refractivity contribution is -0.139. The summed E-state index contributed by atoms with van der Waals surface area (Å²) < 4.78 is 0. The van der Waals surface area contributed by atoms with Crippen molar-refractivity contribution < 1.29 is 14.4 Å². The number of carbonyl (C=O) groups is 3. The molecular weight excluding hydrogens is 284 g/mol. The Morgan fingerprint density at radius 3 is 2.36 bits per heavy atom. The number of piperazine rings is 1. The Morgan fingerprint density at radius 2 is 1.73 bits per heavy atom. The van der Waals surface area contributed by atoms with E-state index in [0.717, 1.165) is 13.1 Å². The van der Waals surface area contributed by atoms with E-state index in [-0.39, 0.29) is 5.78 Å². The lowest BCUT2D eigenvalue weighted by Crippen LogP contribution is -2.54. The van der Waals surface area contributed by atoms with E-state index >= 15 is 0 Å². The van der Waals surface area contributed by atoms with Crippen LogP contribution in [0.4, 0.5) is 5.69 Å². The molecule has 0 aliphatic carbocycles. The summed E-state index contributed by atoms with van der Waals surface area (Å²) in [5.41, 5.74) is 3.49. The average Bonchev–Trinajstić information content (AvgIpc) is 2.49. The van der Waals surface area contributed by atoms with E-state index in [1.165, 1.54) is 6.92 Å². The standard InChI is InChI=1S/C15H20N4O3/c1-11(20)12-4-3-5-13(10-12)16-14(21)15(22)17-19-8-6-18(2)7-9-19/h3-5,10H,6-9H2,1-2H3,(H,16,21)(H,17,22). The first-order chi connectivity index (χ1) is 10.5. The maximum absolute atomic E-state index is 11.9. The molecule has 0 saturated carbocycles. The molecule has 2 N–H and O–H groups in total. The van der Waals surface area contributed by atoms with Gasteiger partial charge in [0.25, 0.3) is 0 Å². The van der Waals surface area contributed by atoms with Crippen molar-refractivity contribution in [2.45, 2.75) is 6.92 Å². The average molecular weight is 304 g/mol. The zero-order chi connectivity index (χ0) is 16.1. The van der Waals surface area contributed by atoms with Crippen LogP contribution in [0, 0.1) is 0 Å². The van der Waals surface area contributed by atoms with Crippen LogP contribution in [0.1, 0.15) is 17.3 Å². The summed E-state index contributed by atoms with van der Waals surface area (Å²) in [5.74, 6) is -1.56. The normalized spacial score (nSPS) is 16.1. The summed E-state index contributed by atoms with van der Waals surface area (Å²) in [6.45, 7) is 4.47. The first-order valence-corrected chi connectivity index (χ1v) is 7.12. The van der Waals surface area contributed by atoms with Gasteiger partial charge in [0.2, 0.25) is 0 Å². The van der Waals surface area contributed by atoms with Crippen molar-refractivity contribution in [1.29, 1.82) is 0 Å². The number of hydrogen-bond acceptors (Lipinski definition) is 5. The number of rotatable bonds is 3. The summed E-state index contributed by atoms with van der Waals surface area (Å²) >= 11 is 0. The van der Waals surface area contributed by atoms with Gasteiger partial charge < -0.3 is 10.2 Å². The van der Waals surface area contributed by atoms with Gasteiger partial charge in [-0.2, -0.15) is 0 Å². The van der Waals surface area contributed by atoms with Crippen molar-refractivity contribution in [2.75, 3.05) is 38.5 Å². The zero-order valence-electron chi connectivity index (χ0n) is 12.8. The van der Waals surface area contributed by atoms with Crippen LogP contribution < -0.4 is 10.7 Å². The molecule has 1 aromatic carbocycles. The number of anilines is 1. The minimum Gasteiger partial charge on any atom is -0.318 e. The third-order valence-electron chi connectivity index (χ3n) is 3.50. The largest absolute Gasteiger partial charge is 0.323 e. The van der Waals surface area contributed by atoms with Crippen LogP contribution in [0.3, 0.4) is 0 Å². The number of nitrogens with zero attached hydrogens (tertiary/aromatic N) is 2. The minimum absolute atomic E-state index is 0.0991. The lowest BCUT2D eigenvalue weighted by Gasteiger charge is -2.32. The number of benzene rings is 1. The predicted molar refractivity (Wildman–Crippen MR) is 82.3 cm³/mol. The topological polar surface area (TPSA) is 81.7 Å². The fourth-order valence-electron chi connectivity index (χ4n) is 2.12. The molecule has 1 heterocycles. The summed E-state index contributed by atoms with van der Waals surface area (Å²) in [4.78, 5) is 37.2. The first-order valence-electron chi connectivity index (χ1n) is 7.12. The predicted octanol–water partition coefficient (Wildman–Crippen LogP) is 0.106. The molecule has 0 bridgehead atoms. The number of hydrogen-bond donors (Lipinski definition) is 2. The van der Waals surface area contributed by atoms with Crippen LogP contribution in [0.2, 0.25) is 0 Å². The second-order valence-electron chi connectivity index (χ2n) is 5.32. The molecule has 1 aliphatic heterocycles. The molecule has 7 heteroatoms. The number of amides is 2. The van der Waals surface area contributed by atoms with E-state index in [4.69, 9.17) is 0 Å². The molecule has 0 unspecified atom stereocenters. The van der Waals surface area contributed by atoms with Crippen LogP contribution in [0.5, 0.6) is 0 Å². The van der Waals surface area contributed by atoms with Gasteiger partial charge in [-0.05, 0) is 26.1 Å². The van der Waals surface area contributed by atoms with E-state index in [2.05, 4.69) is 15.6 Å². The van der Waals surface area contributed by atoms with E-state index in [1.54, 1.807) is 29.3 Å². The Balaban J connectivity index is 1.90. The monoisotopic (exact) mass is 304 g/mol. The number of carbonyl (C=O) groups excluding carboxylic acids is 3. The van der Waals surface area contributed by atoms with E-state index in [9.17, 15) is 14.4 Å². The van der Waals surface area contributed by atoms with Crippen LogP contribution in [-0.2, 0) is 9.59 Å². The quantitative estimate of drug-likeness (QED) is 0.612. The second-order valence-corrected chi connectivity index (χ2v) is 5.32. The number of likely N-dealkylation sites (N-methyl/N-ethyl adjacent to an activating group) is 1. The minimum atomic E-state index is -0.750. The van der Waals surface area contributed by atoms with Gasteiger partial charge in [-0.15, -0.1) is 0 Å². The fourth-order valence-corrected chi connectivity index (χ4v) is 2.12. The Morgan fingerprint density at radius 1 is 1.05 bits per heavy atom. The zero-order valence-corrected chi connectivity index (χ0v) is 12.8. The molecule has 2 rings (SSSR count). The molecule has 1 fully saturated rings. The maximum atomic E-state index is 11.9. The molecule has 0 atom stereocenters. The molecule has 7 nitrogen and oxygen atoms in total. The van der Waals surface area contributed by atoms with E-state index in [0.29, 0.717) is 24.3 Å². The number of Topliss-reactive ketones (excluding diaryl/α,β-unsaturated/α-hetero) is 1. The number of nitrogens with one attached hydrogen (secondary N) is 2. The summed E-state index contributed by atoms with van der Waals surface area (Å²) in [6.07, 6.45) is 0. The lowest BCUT2D eigenvalue weighted by atomic mass is 10.1. The summed E-state index contributed by atoms with van der Waals surface area (Å²) in [6, 6.07) is 6.49. The number of ketones is 1. The highest BCUT2D eigenvalue weighted by Crippen LogP contribution is 2.11. The molecule has 118 valence electrons. The smallest absolute Gasteiger partial charge is 0.318 e. The molecule has 1 saturated heterocycles. The van der Waals surface area contributed by atoms with Gasteiger partial charge in [0.15, 0.2) is 5.78 Å². The SMILES string of the molecule is CC(=O)c1cccc(NC(=O)C(=O)NN2CCN(C)CC2)c1. The third kappa shape index (κ3) is 4.37. The molecular formula is C15H20N4O3. The molecule has 2 amide bonds. The van der Waals surface area contributed by atoms with E-state index < -0.39 is 11.8 Å². The third-order valence-corrected chi connectivity index (χ3v) is 3.50. The van der Waals surface area contributed by atoms with Crippen molar-refractivity contribution >= 4 is 23.3 Å². The van der Waals surface area contributed by atoms with Gasteiger partial charge in [-0.3, -0.25) is 19.8 Å². The maximum Gasteiger partial charge on any atom is 0.323 e. The van der Waals surface area contributed by atoms with Gasteiger partial charge in [-0.1, -0.05) is 12.1 Å². The summed E-state index contributed by atoms with van der Waals surface area (Å²) in [7, 11) is 2.01. The Bertz CT molecular complexity index is 580. The van der Waals surface area contributed by atoms with Crippen molar-refractivity contribution in [2.24, 2.45) is 0 Å². The van der Waals surface area contributed by atoms with Crippen molar-refractivity contribution in [3.63, 3.8) is 0 Å². The molecule has 0 spiro atoms. The van der Waals surface area contributed by atoms with Gasteiger partial charge in [0.05, 0.1) is 0 Å². The fraction of sp³-hybridized carbons (Fsp3) is 0.400. The Hall–Kier alpha value is -2.25. The Labute approximate surface area is 129 Å². The molecule has 22 heavy (non-hydrogen) atoms. The van der Waals surface area contributed by atoms with E-state index in [1.807, 2.05) is 7.05 Å².